The van der Waals surface area contributed by atoms with Crippen LogP contribution in [0.1, 0.15) is 93.2 Å². The first kappa shape index (κ1) is 59.4. The van der Waals surface area contributed by atoms with Crippen LogP contribution in [0.15, 0.2) is 60.7 Å². The van der Waals surface area contributed by atoms with Crippen molar-refractivity contribution in [3.05, 3.63) is 71.8 Å². The van der Waals surface area contributed by atoms with E-state index < -0.39 is 39.7 Å². The molecule has 2 atom stereocenters. The normalized spacial score (nSPS) is 13.7. The van der Waals surface area contributed by atoms with Crippen molar-refractivity contribution in [3.8, 4) is 0 Å². The molecular formula is C50H88N6O6S2Si2. The van der Waals surface area contributed by atoms with Crippen LogP contribution in [0.4, 0.5) is 0 Å². The first-order valence-electron chi connectivity index (χ1n) is 23.9. The molecule has 0 radical (unpaired) electrons. The number of rotatable bonds is 31. The number of amides is 4. The Morgan fingerprint density at radius 3 is 1.15 bits per heavy atom. The van der Waals surface area contributed by atoms with Crippen molar-refractivity contribution in [2.24, 2.45) is 10.8 Å². The molecule has 374 valence electrons. The molecule has 0 fully saturated rings. The molecule has 0 spiro atoms. The summed E-state index contributed by atoms with van der Waals surface area (Å²) in [6, 6.07) is 20.7. The zero-order chi connectivity index (χ0) is 49.7. The highest BCUT2D eigenvalue weighted by molar-refractivity contribution is 8.76. The summed E-state index contributed by atoms with van der Waals surface area (Å²) >= 11 is 0. The van der Waals surface area contributed by atoms with E-state index in [4.69, 9.17) is 8.85 Å². The van der Waals surface area contributed by atoms with Gasteiger partial charge in [0.15, 0.2) is 16.6 Å². The first-order valence-corrected chi connectivity index (χ1v) is 32.2. The number of carbonyl (C=O) groups is 4. The third kappa shape index (κ3) is 22.2. The maximum atomic E-state index is 13.7. The molecule has 0 aliphatic heterocycles. The molecule has 2 aromatic rings. The van der Waals surface area contributed by atoms with E-state index in [-0.39, 0.29) is 59.6 Å². The van der Waals surface area contributed by atoms with Crippen molar-refractivity contribution in [1.82, 2.24) is 31.9 Å². The van der Waals surface area contributed by atoms with E-state index >= 15 is 0 Å². The van der Waals surface area contributed by atoms with Crippen molar-refractivity contribution in [2.45, 2.75) is 143 Å². The van der Waals surface area contributed by atoms with E-state index in [1.165, 1.54) is 11.1 Å². The van der Waals surface area contributed by atoms with E-state index in [0.29, 0.717) is 37.7 Å². The summed E-state index contributed by atoms with van der Waals surface area (Å²) in [4.78, 5) is 52.8. The molecule has 0 heterocycles. The molecule has 16 heteroatoms. The van der Waals surface area contributed by atoms with E-state index in [1.807, 2.05) is 36.4 Å². The second-order valence-corrected chi connectivity index (χ2v) is 34.0. The summed E-state index contributed by atoms with van der Waals surface area (Å²) in [6.07, 6.45) is 0.803. The summed E-state index contributed by atoms with van der Waals surface area (Å²) in [5, 5.41) is 18.8. The molecule has 2 aromatic carbocycles. The molecule has 0 aliphatic carbocycles. The van der Waals surface area contributed by atoms with Crippen LogP contribution in [-0.4, -0.2) is 116 Å². The molecule has 0 unspecified atom stereocenters. The summed E-state index contributed by atoms with van der Waals surface area (Å²) < 4.78 is 13.5. The van der Waals surface area contributed by atoms with Crippen molar-refractivity contribution in [3.63, 3.8) is 0 Å². The van der Waals surface area contributed by atoms with E-state index in [0.717, 1.165) is 25.9 Å². The third-order valence-electron chi connectivity index (χ3n) is 12.8. The largest absolute Gasteiger partial charge is 0.404 e. The Hall–Kier alpha value is -2.71. The van der Waals surface area contributed by atoms with Gasteiger partial charge in [-0.2, -0.15) is 0 Å². The highest BCUT2D eigenvalue weighted by Gasteiger charge is 2.47. The van der Waals surface area contributed by atoms with Gasteiger partial charge in [0.2, 0.25) is 23.6 Å². The Labute approximate surface area is 409 Å². The number of carbonyl (C=O) groups excluding carboxylic acids is 4. The zero-order valence-corrected chi connectivity index (χ0v) is 46.7. The molecular weight excluding hydrogens is 901 g/mol. The van der Waals surface area contributed by atoms with Crippen molar-refractivity contribution in [2.75, 3.05) is 63.9 Å². The van der Waals surface area contributed by atoms with Gasteiger partial charge in [-0.1, -0.05) is 151 Å². The van der Waals surface area contributed by atoms with Gasteiger partial charge in [0, 0.05) is 74.4 Å². The molecule has 0 saturated carbocycles. The highest BCUT2D eigenvalue weighted by atomic mass is 33.1. The predicted octanol–water partition coefficient (Wildman–Crippen LogP) is 8.11. The van der Waals surface area contributed by atoms with Crippen molar-refractivity contribution < 1.29 is 28.0 Å². The van der Waals surface area contributed by atoms with Gasteiger partial charge in [-0.15, -0.1) is 0 Å². The third-order valence-corrected chi connectivity index (χ3v) is 24.0. The van der Waals surface area contributed by atoms with E-state index in [1.54, 1.807) is 21.6 Å². The molecule has 12 nitrogen and oxygen atoms in total. The average molecular weight is 990 g/mol. The Balaban J connectivity index is 1.71. The molecule has 6 N–H and O–H groups in total. The number of benzene rings is 2. The van der Waals surface area contributed by atoms with Crippen LogP contribution in [0.5, 0.6) is 0 Å². The van der Waals surface area contributed by atoms with Crippen LogP contribution in [-0.2, 0) is 40.9 Å². The Morgan fingerprint density at radius 2 is 0.833 bits per heavy atom. The zero-order valence-electron chi connectivity index (χ0n) is 43.1. The van der Waals surface area contributed by atoms with Crippen molar-refractivity contribution in [1.29, 1.82) is 0 Å². The quantitative estimate of drug-likeness (QED) is 0.0248. The van der Waals surface area contributed by atoms with Crippen LogP contribution in [0.3, 0.4) is 0 Å². The lowest BCUT2D eigenvalue weighted by Crippen LogP contribution is -2.56. The Kier molecular flexibility index (Phi) is 25.3. The fraction of sp³-hybridized carbons (Fsp3) is 0.680. The molecule has 0 aliphatic rings. The second-order valence-electron chi connectivity index (χ2n) is 21.7. The van der Waals surface area contributed by atoms with E-state index in [2.05, 4.69) is 152 Å². The van der Waals surface area contributed by atoms with Gasteiger partial charge in [0.25, 0.3) is 0 Å². The van der Waals surface area contributed by atoms with Crippen LogP contribution in [0, 0.1) is 10.8 Å². The lowest BCUT2D eigenvalue weighted by molar-refractivity contribution is -0.135. The molecule has 66 heavy (non-hydrogen) atoms. The number of nitrogens with one attached hydrogen (secondary N) is 6. The number of hydrogen-bond donors (Lipinski definition) is 6. The molecule has 2 rings (SSSR count). The van der Waals surface area contributed by atoms with Gasteiger partial charge in [-0.25, -0.2) is 0 Å². The maximum Gasteiger partial charge on any atom is 0.248 e. The van der Waals surface area contributed by atoms with Gasteiger partial charge in [-0.3, -0.25) is 19.2 Å². The lowest BCUT2D eigenvalue weighted by Gasteiger charge is -2.43. The van der Waals surface area contributed by atoms with Gasteiger partial charge < -0.3 is 40.8 Å². The van der Waals surface area contributed by atoms with Crippen LogP contribution >= 0.6 is 21.6 Å². The van der Waals surface area contributed by atoms with Gasteiger partial charge in [0.05, 0.1) is 0 Å². The maximum absolute atomic E-state index is 13.7. The number of hydrogen-bond acceptors (Lipinski definition) is 10. The van der Waals surface area contributed by atoms with Crippen LogP contribution in [0.25, 0.3) is 0 Å². The fourth-order valence-corrected chi connectivity index (χ4v) is 10.9. The highest BCUT2D eigenvalue weighted by Crippen LogP contribution is 2.41. The average Bonchev–Trinajstić information content (AvgIpc) is 3.23. The summed E-state index contributed by atoms with van der Waals surface area (Å²) in [5.41, 5.74) is 1.55. The van der Waals surface area contributed by atoms with Gasteiger partial charge in [0.1, 0.15) is 12.2 Å². The van der Waals surface area contributed by atoms with Crippen molar-refractivity contribution >= 4 is 61.9 Å². The van der Waals surface area contributed by atoms with Crippen LogP contribution < -0.4 is 31.9 Å². The second kappa shape index (κ2) is 28.1. The summed E-state index contributed by atoms with van der Waals surface area (Å²) in [7, 11) is -1.34. The molecule has 0 bridgehead atoms. The van der Waals surface area contributed by atoms with Crippen LogP contribution in [0.2, 0.25) is 36.3 Å². The monoisotopic (exact) mass is 989 g/mol. The van der Waals surface area contributed by atoms with E-state index in [9.17, 15) is 19.2 Å². The fourth-order valence-electron chi connectivity index (χ4n) is 6.38. The minimum absolute atomic E-state index is 0.0713. The van der Waals surface area contributed by atoms with Gasteiger partial charge in [-0.05, 0) is 73.3 Å². The lowest BCUT2D eigenvalue weighted by atomic mass is 9.85. The SMILES string of the molecule is CC(C)(CNCCc1ccccc1)[C@@H](O[Si](C)(C)C(C)(C)C)C(=O)NCCC(=O)NCCSSCCNC(=O)CCNC(=O)[C@H](O[Si](C)(C)C(C)(C)C)C(C)(C)CNCCc1ccccc1. The minimum atomic E-state index is -2.29. The van der Waals surface area contributed by atoms with Gasteiger partial charge >= 0.3 is 0 Å². The molecule has 0 saturated heterocycles. The Morgan fingerprint density at radius 1 is 0.500 bits per heavy atom. The minimum Gasteiger partial charge on any atom is -0.404 e. The topological polar surface area (TPSA) is 159 Å². The predicted molar refractivity (Wildman–Crippen MR) is 284 cm³/mol. The molecule has 0 aromatic heterocycles. The Bertz CT molecular complexity index is 1630. The molecule has 4 amide bonds. The summed E-state index contributed by atoms with van der Waals surface area (Å²) in [6.45, 7) is 34.2. The smallest absolute Gasteiger partial charge is 0.248 e. The first-order chi connectivity index (χ1) is 30.7. The summed E-state index contributed by atoms with van der Waals surface area (Å²) in [5.74, 6) is 0.775. The standard InChI is InChI=1S/C50H88N6O6S2Si2/c1-47(2,3)65(11,12)61-43(49(7,8)37-51-29-25-39-21-17-15-18-22-39)45(59)55-31-27-41(57)53-33-35-63-64-36-34-54-42(58)28-32-56-46(60)44(62-66(13,14)48(4,5)6)50(9,10)38-52-30-26-40-23-19-16-20-24-40/h15-24,43-44,51-52H,25-38H2,1-14H3,(H,53,57)(H,54,58)(H,55,59)(H,56,60)/t43-,44-/m0/s1.